The van der Waals surface area contributed by atoms with Gasteiger partial charge in [-0.1, -0.05) is 13.3 Å². The topological polar surface area (TPSA) is 47.4 Å². The van der Waals surface area contributed by atoms with Gasteiger partial charge in [0, 0.05) is 25.2 Å². The Morgan fingerprint density at radius 3 is 2.75 bits per heavy atom. The molecule has 0 unspecified atom stereocenters. The highest BCUT2D eigenvalue weighted by atomic mass is 16.6. The lowest BCUT2D eigenvalue weighted by molar-refractivity contribution is 0.0253. The fourth-order valence-electron chi connectivity index (χ4n) is 2.37. The fourth-order valence-corrected chi connectivity index (χ4v) is 2.37. The lowest BCUT2D eigenvalue weighted by Crippen LogP contribution is -2.38. The van der Waals surface area contributed by atoms with Crippen molar-refractivity contribution in [2.24, 2.45) is 0 Å². The van der Waals surface area contributed by atoms with Crippen LogP contribution >= 0.6 is 0 Å². The minimum Gasteiger partial charge on any atom is -0.444 e. The van der Waals surface area contributed by atoms with E-state index >= 15 is 0 Å². The van der Waals surface area contributed by atoms with Gasteiger partial charge in [0.1, 0.15) is 5.60 Å². The van der Waals surface area contributed by atoms with Crippen LogP contribution in [0.1, 0.15) is 45.5 Å². The molecule has 112 valence electrons. The molecule has 0 radical (unpaired) electrons. The first kappa shape index (κ1) is 14.9. The van der Waals surface area contributed by atoms with Crippen LogP contribution < -0.4 is 0 Å². The molecule has 0 spiro atoms. The summed E-state index contributed by atoms with van der Waals surface area (Å²) in [6.45, 7) is 9.95. The molecule has 20 heavy (non-hydrogen) atoms. The molecule has 5 heteroatoms. The number of fused-ring (bicyclic) bond motifs is 1. The van der Waals surface area contributed by atoms with Crippen LogP contribution in [0.4, 0.5) is 4.79 Å². The lowest BCUT2D eigenvalue weighted by atomic mass is 10.2. The van der Waals surface area contributed by atoms with E-state index in [1.807, 2.05) is 25.5 Å². The van der Waals surface area contributed by atoms with Gasteiger partial charge in [0.25, 0.3) is 0 Å². The van der Waals surface area contributed by atoms with Gasteiger partial charge in [-0.15, -0.1) is 0 Å². The van der Waals surface area contributed by atoms with Gasteiger partial charge < -0.3 is 9.64 Å². The van der Waals surface area contributed by atoms with Gasteiger partial charge in [0.05, 0.1) is 12.2 Å². The van der Waals surface area contributed by atoms with Gasteiger partial charge in [0.15, 0.2) is 0 Å². The summed E-state index contributed by atoms with van der Waals surface area (Å²) < 4.78 is 7.46. The average molecular weight is 279 g/mol. The van der Waals surface area contributed by atoms with Crippen molar-refractivity contribution in [1.29, 1.82) is 0 Å². The smallest absolute Gasteiger partial charge is 0.410 e. The van der Waals surface area contributed by atoms with E-state index in [-0.39, 0.29) is 6.09 Å². The third-order valence-electron chi connectivity index (χ3n) is 3.29. The number of hydrogen-bond acceptors (Lipinski definition) is 3. The zero-order valence-electron chi connectivity index (χ0n) is 13.0. The highest BCUT2D eigenvalue weighted by Gasteiger charge is 2.24. The summed E-state index contributed by atoms with van der Waals surface area (Å²) >= 11 is 0. The molecular formula is C15H25N3O2. The Hall–Kier alpha value is -1.52. The minimum atomic E-state index is -0.439. The molecule has 2 heterocycles. The number of nitrogens with zero attached hydrogens (tertiary/aromatic N) is 3. The molecule has 1 amide bonds. The maximum Gasteiger partial charge on any atom is 0.410 e. The van der Waals surface area contributed by atoms with Crippen molar-refractivity contribution in [3.63, 3.8) is 0 Å². The van der Waals surface area contributed by atoms with E-state index in [4.69, 9.17) is 4.74 Å². The number of ether oxygens (including phenoxy) is 1. The summed E-state index contributed by atoms with van der Waals surface area (Å²) in [6.07, 6.45) is 2.75. The Morgan fingerprint density at radius 1 is 1.35 bits per heavy atom. The van der Waals surface area contributed by atoms with Crippen molar-refractivity contribution in [2.75, 3.05) is 13.1 Å². The van der Waals surface area contributed by atoms with Crippen molar-refractivity contribution in [3.05, 3.63) is 17.5 Å². The molecule has 1 aliphatic rings. The van der Waals surface area contributed by atoms with Gasteiger partial charge in [-0.25, -0.2) is 4.79 Å². The van der Waals surface area contributed by atoms with Gasteiger partial charge in [0.2, 0.25) is 0 Å². The first-order valence-corrected chi connectivity index (χ1v) is 7.42. The Balaban J connectivity index is 1.98. The number of carbonyl (C=O) groups excluding carboxylic acids is 1. The second-order valence-electron chi connectivity index (χ2n) is 6.32. The van der Waals surface area contributed by atoms with Crippen LogP contribution in [0.15, 0.2) is 6.07 Å². The monoisotopic (exact) mass is 279 g/mol. The van der Waals surface area contributed by atoms with Crippen LogP contribution in [-0.4, -0.2) is 39.5 Å². The fraction of sp³-hybridized carbons (Fsp3) is 0.733. The molecule has 0 aliphatic carbocycles. The van der Waals surface area contributed by atoms with E-state index in [1.165, 1.54) is 5.69 Å². The first-order valence-electron chi connectivity index (χ1n) is 7.42. The standard InChI is InChI=1S/C15H25N3O2/c1-5-6-12-11-13-7-8-17(9-10-18(13)16-12)14(19)20-15(2,3)4/h11H,5-10H2,1-4H3. The summed E-state index contributed by atoms with van der Waals surface area (Å²) in [5.41, 5.74) is 1.94. The number of amides is 1. The van der Waals surface area contributed by atoms with Crippen molar-refractivity contribution in [1.82, 2.24) is 14.7 Å². The third-order valence-corrected chi connectivity index (χ3v) is 3.29. The number of carbonyl (C=O) groups is 1. The van der Waals surface area contributed by atoms with Crippen LogP contribution in [0.5, 0.6) is 0 Å². The van der Waals surface area contributed by atoms with Crippen molar-refractivity contribution < 1.29 is 9.53 Å². The Morgan fingerprint density at radius 2 is 2.10 bits per heavy atom. The molecule has 1 aromatic heterocycles. The van der Waals surface area contributed by atoms with E-state index in [2.05, 4.69) is 18.1 Å². The third kappa shape index (κ3) is 3.74. The second kappa shape index (κ2) is 5.85. The van der Waals surface area contributed by atoms with E-state index in [9.17, 15) is 4.79 Å². The summed E-state index contributed by atoms with van der Waals surface area (Å²) in [4.78, 5) is 13.9. The first-order chi connectivity index (χ1) is 9.39. The summed E-state index contributed by atoms with van der Waals surface area (Å²) in [5, 5.41) is 4.61. The number of hydrogen-bond donors (Lipinski definition) is 0. The molecule has 1 aliphatic heterocycles. The van der Waals surface area contributed by atoms with Crippen molar-refractivity contribution >= 4 is 6.09 Å². The average Bonchev–Trinajstić information content (AvgIpc) is 2.59. The molecule has 0 saturated heterocycles. The second-order valence-corrected chi connectivity index (χ2v) is 6.32. The Labute approximate surface area is 120 Å². The molecular weight excluding hydrogens is 254 g/mol. The maximum absolute atomic E-state index is 12.1. The van der Waals surface area contributed by atoms with Crippen molar-refractivity contribution in [3.8, 4) is 0 Å². The molecule has 5 nitrogen and oxygen atoms in total. The largest absolute Gasteiger partial charge is 0.444 e. The zero-order chi connectivity index (χ0) is 14.8. The Kier molecular flexibility index (Phi) is 4.35. The highest BCUT2D eigenvalue weighted by Crippen LogP contribution is 2.15. The zero-order valence-corrected chi connectivity index (χ0v) is 13.0. The molecule has 2 rings (SSSR count). The van der Waals surface area contributed by atoms with Gasteiger partial charge in [-0.05, 0) is 33.3 Å². The predicted octanol–water partition coefficient (Wildman–Crippen LogP) is 2.63. The van der Waals surface area contributed by atoms with Crippen LogP contribution in [0, 0.1) is 0 Å². The van der Waals surface area contributed by atoms with Crippen molar-refractivity contribution in [2.45, 2.75) is 59.1 Å². The van der Waals surface area contributed by atoms with Gasteiger partial charge in [-0.3, -0.25) is 4.68 Å². The Bertz CT molecular complexity index is 448. The van der Waals surface area contributed by atoms with Crippen LogP contribution in [-0.2, 0) is 24.1 Å². The highest BCUT2D eigenvalue weighted by molar-refractivity contribution is 5.68. The summed E-state index contributed by atoms with van der Waals surface area (Å²) in [7, 11) is 0. The van der Waals surface area contributed by atoms with E-state index in [0.717, 1.165) is 31.5 Å². The summed E-state index contributed by atoms with van der Waals surface area (Å²) in [5.74, 6) is 0. The summed E-state index contributed by atoms with van der Waals surface area (Å²) in [6, 6.07) is 2.17. The van der Waals surface area contributed by atoms with E-state index in [0.29, 0.717) is 13.1 Å². The number of rotatable bonds is 2. The molecule has 1 aromatic rings. The SMILES string of the molecule is CCCc1cc2n(n1)CCN(C(=O)OC(C)(C)C)CC2. The van der Waals surface area contributed by atoms with Crippen LogP contribution in [0.25, 0.3) is 0 Å². The quantitative estimate of drug-likeness (QED) is 0.836. The van der Waals surface area contributed by atoms with E-state index in [1.54, 1.807) is 4.90 Å². The van der Waals surface area contributed by atoms with E-state index < -0.39 is 5.60 Å². The number of aromatic nitrogens is 2. The molecule has 0 fully saturated rings. The predicted molar refractivity (Wildman–Crippen MR) is 77.7 cm³/mol. The maximum atomic E-state index is 12.1. The molecule has 0 atom stereocenters. The molecule has 0 saturated carbocycles. The molecule has 0 N–H and O–H groups in total. The molecule has 0 aromatic carbocycles. The number of aryl methyl sites for hydroxylation is 1. The minimum absolute atomic E-state index is 0.225. The van der Waals surface area contributed by atoms with Gasteiger partial charge in [-0.2, -0.15) is 5.10 Å². The normalized spacial score (nSPS) is 15.7. The molecule has 0 bridgehead atoms. The van der Waals surface area contributed by atoms with Gasteiger partial charge >= 0.3 is 6.09 Å². The lowest BCUT2D eigenvalue weighted by Gasteiger charge is -2.26. The van der Waals surface area contributed by atoms with Crippen LogP contribution in [0.2, 0.25) is 0 Å². The van der Waals surface area contributed by atoms with Crippen LogP contribution in [0.3, 0.4) is 0 Å².